The fraction of sp³-hybridized carbons (Fsp3) is 0.579. The highest BCUT2D eigenvalue weighted by molar-refractivity contribution is 5.17. The number of hydrogen-bond acceptors (Lipinski definition) is 0. The van der Waals surface area contributed by atoms with Crippen LogP contribution in [-0.2, 0) is 6.42 Å². The minimum Gasteiger partial charge on any atom is -0.216 e. The summed E-state index contributed by atoms with van der Waals surface area (Å²) < 4.78 is 37.9. The van der Waals surface area contributed by atoms with Gasteiger partial charge in [0, 0.05) is 0 Å². The smallest absolute Gasteiger partial charge is 0.159 e. The number of unbranched alkanes of at least 4 members (excludes halogenated alkanes) is 1. The van der Waals surface area contributed by atoms with Crippen LogP contribution in [0, 0.1) is 23.5 Å². The van der Waals surface area contributed by atoms with Crippen molar-refractivity contribution in [2.45, 2.75) is 57.8 Å². The number of halogens is 3. The Hall–Kier alpha value is -1.25. The average Bonchev–Trinajstić information content (AvgIpc) is 2.54. The molecule has 0 nitrogen and oxygen atoms in total. The van der Waals surface area contributed by atoms with Gasteiger partial charge in [0.1, 0.15) is 0 Å². The van der Waals surface area contributed by atoms with Crippen molar-refractivity contribution >= 4 is 0 Å². The highest BCUT2D eigenvalue weighted by Gasteiger charge is 2.20. The molecule has 1 saturated carbocycles. The first-order chi connectivity index (χ1) is 10.7. The standard InChI is InChI=1S/C19H25F3/c20-13-3-1-2-4-15-5-7-16(8-6-15)9-10-17-11-12-18(21)19(22)14-17/h3,11-16H,1-2,4-10H2/b13-3+/t15-,16-. The molecule has 0 saturated heterocycles. The Kier molecular flexibility index (Phi) is 7.01. The summed E-state index contributed by atoms with van der Waals surface area (Å²) in [4.78, 5) is 0. The zero-order valence-electron chi connectivity index (χ0n) is 13.0. The Morgan fingerprint density at radius 2 is 1.64 bits per heavy atom. The molecular weight excluding hydrogens is 285 g/mol. The van der Waals surface area contributed by atoms with Gasteiger partial charge in [-0.1, -0.05) is 44.2 Å². The number of benzene rings is 1. The monoisotopic (exact) mass is 310 g/mol. The summed E-state index contributed by atoms with van der Waals surface area (Å²) in [5.74, 6) is -0.0296. The lowest BCUT2D eigenvalue weighted by atomic mass is 9.78. The number of rotatable bonds is 7. The van der Waals surface area contributed by atoms with E-state index in [0.29, 0.717) is 12.2 Å². The second-order valence-electron chi connectivity index (χ2n) is 6.47. The van der Waals surface area contributed by atoms with Gasteiger partial charge in [0.25, 0.3) is 0 Å². The Labute approximate surface area is 131 Å². The Balaban J connectivity index is 1.65. The van der Waals surface area contributed by atoms with Crippen molar-refractivity contribution in [2.75, 3.05) is 0 Å². The molecule has 0 N–H and O–H groups in total. The molecule has 2 rings (SSSR count). The van der Waals surface area contributed by atoms with Gasteiger partial charge in [-0.25, -0.2) is 13.2 Å². The first kappa shape index (κ1) is 17.1. The molecule has 22 heavy (non-hydrogen) atoms. The molecule has 0 aromatic heterocycles. The lowest BCUT2D eigenvalue weighted by Gasteiger charge is -2.28. The minimum absolute atomic E-state index is 0.634. The molecule has 0 spiro atoms. The summed E-state index contributed by atoms with van der Waals surface area (Å²) in [5, 5.41) is 0. The molecule has 1 aromatic carbocycles. The Morgan fingerprint density at radius 1 is 0.955 bits per heavy atom. The van der Waals surface area contributed by atoms with E-state index in [9.17, 15) is 13.2 Å². The van der Waals surface area contributed by atoms with Crippen LogP contribution >= 0.6 is 0 Å². The molecular formula is C19H25F3. The predicted octanol–water partition coefficient (Wildman–Crippen LogP) is 6.36. The van der Waals surface area contributed by atoms with E-state index in [0.717, 1.165) is 37.2 Å². The maximum Gasteiger partial charge on any atom is 0.159 e. The molecule has 0 bridgehead atoms. The Bertz CT molecular complexity index is 474. The predicted molar refractivity (Wildman–Crippen MR) is 84.2 cm³/mol. The second-order valence-corrected chi connectivity index (χ2v) is 6.47. The van der Waals surface area contributed by atoms with Crippen LogP contribution in [0.2, 0.25) is 0 Å². The maximum absolute atomic E-state index is 13.2. The van der Waals surface area contributed by atoms with E-state index in [1.165, 1.54) is 44.2 Å². The van der Waals surface area contributed by atoms with E-state index in [1.807, 2.05) is 0 Å². The first-order valence-electron chi connectivity index (χ1n) is 8.38. The molecule has 1 aromatic rings. The van der Waals surface area contributed by atoms with Gasteiger partial charge in [-0.2, -0.15) is 0 Å². The SMILES string of the molecule is F/C=C/CCC[C@H]1CC[C@H](CCc2ccc(F)c(F)c2)CC1. The zero-order valence-corrected chi connectivity index (χ0v) is 13.0. The van der Waals surface area contributed by atoms with Crippen LogP contribution < -0.4 is 0 Å². The lowest BCUT2D eigenvalue weighted by Crippen LogP contribution is -2.15. The highest BCUT2D eigenvalue weighted by Crippen LogP contribution is 2.34. The third-order valence-corrected chi connectivity index (χ3v) is 4.86. The molecule has 0 unspecified atom stereocenters. The maximum atomic E-state index is 13.2. The summed E-state index contributed by atoms with van der Waals surface area (Å²) >= 11 is 0. The zero-order chi connectivity index (χ0) is 15.8. The van der Waals surface area contributed by atoms with E-state index in [2.05, 4.69) is 0 Å². The number of allylic oxidation sites excluding steroid dienone is 1. The molecule has 0 amide bonds. The van der Waals surface area contributed by atoms with Crippen molar-refractivity contribution in [1.29, 1.82) is 0 Å². The number of hydrogen-bond donors (Lipinski definition) is 0. The van der Waals surface area contributed by atoms with Gasteiger partial charge < -0.3 is 0 Å². The normalized spacial score (nSPS) is 22.3. The third kappa shape index (κ3) is 5.51. The van der Waals surface area contributed by atoms with Crippen LogP contribution in [0.25, 0.3) is 0 Å². The quantitative estimate of drug-likeness (QED) is 0.514. The molecule has 0 heterocycles. The molecule has 0 radical (unpaired) electrons. The fourth-order valence-corrected chi connectivity index (χ4v) is 3.46. The van der Waals surface area contributed by atoms with Gasteiger partial charge in [-0.3, -0.25) is 0 Å². The van der Waals surface area contributed by atoms with Crippen molar-refractivity contribution in [3.05, 3.63) is 47.8 Å². The van der Waals surface area contributed by atoms with Gasteiger partial charge in [-0.15, -0.1) is 0 Å². The van der Waals surface area contributed by atoms with Crippen molar-refractivity contribution in [2.24, 2.45) is 11.8 Å². The molecule has 0 aliphatic heterocycles. The van der Waals surface area contributed by atoms with Crippen LogP contribution in [0.4, 0.5) is 13.2 Å². The molecule has 122 valence electrons. The molecule has 1 fully saturated rings. The van der Waals surface area contributed by atoms with Gasteiger partial charge in [0.15, 0.2) is 11.6 Å². The summed E-state index contributed by atoms with van der Waals surface area (Å²) in [6.07, 6.45) is 12.2. The van der Waals surface area contributed by atoms with Crippen LogP contribution in [0.3, 0.4) is 0 Å². The lowest BCUT2D eigenvalue weighted by molar-refractivity contribution is 0.250. The van der Waals surface area contributed by atoms with E-state index in [-0.39, 0.29) is 0 Å². The Morgan fingerprint density at radius 3 is 2.27 bits per heavy atom. The van der Waals surface area contributed by atoms with Crippen molar-refractivity contribution in [3.8, 4) is 0 Å². The average molecular weight is 310 g/mol. The van der Waals surface area contributed by atoms with Gasteiger partial charge in [0.2, 0.25) is 0 Å². The third-order valence-electron chi connectivity index (χ3n) is 4.86. The minimum atomic E-state index is -0.771. The molecule has 0 atom stereocenters. The van der Waals surface area contributed by atoms with Crippen molar-refractivity contribution in [1.82, 2.24) is 0 Å². The van der Waals surface area contributed by atoms with E-state index in [4.69, 9.17) is 0 Å². The summed E-state index contributed by atoms with van der Waals surface area (Å²) in [7, 11) is 0. The first-order valence-corrected chi connectivity index (χ1v) is 8.38. The molecule has 1 aliphatic rings. The largest absolute Gasteiger partial charge is 0.216 e. The van der Waals surface area contributed by atoms with E-state index >= 15 is 0 Å². The summed E-state index contributed by atoms with van der Waals surface area (Å²) in [6.45, 7) is 0. The highest BCUT2D eigenvalue weighted by atomic mass is 19.2. The van der Waals surface area contributed by atoms with Crippen LogP contribution in [0.5, 0.6) is 0 Å². The van der Waals surface area contributed by atoms with Crippen LogP contribution in [0.1, 0.15) is 56.9 Å². The van der Waals surface area contributed by atoms with E-state index in [1.54, 1.807) is 12.1 Å². The van der Waals surface area contributed by atoms with Gasteiger partial charge in [0.05, 0.1) is 6.33 Å². The summed E-state index contributed by atoms with van der Waals surface area (Å²) in [6, 6.07) is 4.22. The topological polar surface area (TPSA) is 0 Å². The van der Waals surface area contributed by atoms with Crippen molar-refractivity contribution in [3.63, 3.8) is 0 Å². The van der Waals surface area contributed by atoms with Crippen LogP contribution in [0.15, 0.2) is 30.6 Å². The van der Waals surface area contributed by atoms with Crippen LogP contribution in [-0.4, -0.2) is 0 Å². The van der Waals surface area contributed by atoms with Gasteiger partial charge in [-0.05, 0) is 55.2 Å². The van der Waals surface area contributed by atoms with Crippen molar-refractivity contribution < 1.29 is 13.2 Å². The van der Waals surface area contributed by atoms with E-state index < -0.39 is 11.6 Å². The molecule has 3 heteroatoms. The fourth-order valence-electron chi connectivity index (χ4n) is 3.46. The number of aryl methyl sites for hydroxylation is 1. The summed E-state index contributed by atoms with van der Waals surface area (Å²) in [5.41, 5.74) is 0.888. The van der Waals surface area contributed by atoms with Gasteiger partial charge >= 0.3 is 0 Å². The molecule has 1 aliphatic carbocycles. The second kappa shape index (κ2) is 9.02.